The van der Waals surface area contributed by atoms with Gasteiger partial charge in [-0.05, 0) is 30.9 Å². The van der Waals surface area contributed by atoms with Crippen molar-refractivity contribution in [3.8, 4) is 5.75 Å². The van der Waals surface area contributed by atoms with Crippen LogP contribution >= 0.6 is 0 Å². The molecular formula is C19H32O. The van der Waals surface area contributed by atoms with Gasteiger partial charge in [0, 0.05) is 0 Å². The zero-order valence-electron chi connectivity index (χ0n) is 13.4. The molecule has 1 heteroatoms. The molecule has 0 bridgehead atoms. The normalized spacial score (nSPS) is 12.3. The van der Waals surface area contributed by atoms with Crippen molar-refractivity contribution in [1.82, 2.24) is 0 Å². The monoisotopic (exact) mass is 276 g/mol. The average molecular weight is 276 g/mol. The lowest BCUT2D eigenvalue weighted by Gasteiger charge is -2.11. The predicted molar refractivity (Wildman–Crippen MR) is 88.3 cm³/mol. The first-order chi connectivity index (χ1) is 9.83. The second kappa shape index (κ2) is 11.8. The molecule has 0 aliphatic carbocycles. The van der Waals surface area contributed by atoms with Crippen LogP contribution in [0.4, 0.5) is 0 Å². The summed E-state index contributed by atoms with van der Waals surface area (Å²) >= 11 is 0. The molecule has 0 aromatic heterocycles. The Morgan fingerprint density at radius 2 is 1.50 bits per heavy atom. The second-order valence-electron chi connectivity index (χ2n) is 5.97. The summed E-state index contributed by atoms with van der Waals surface area (Å²) in [6.07, 6.45) is 12.3. The minimum absolute atomic E-state index is 0.848. The Balaban J connectivity index is 1.91. The number of benzene rings is 1. The Kier molecular flexibility index (Phi) is 10.1. The van der Waals surface area contributed by atoms with Gasteiger partial charge in [-0.25, -0.2) is 0 Å². The first-order valence-corrected chi connectivity index (χ1v) is 8.50. The zero-order valence-corrected chi connectivity index (χ0v) is 13.4. The maximum absolute atomic E-state index is 5.73. The summed E-state index contributed by atoms with van der Waals surface area (Å²) in [7, 11) is 0. The molecule has 1 aromatic carbocycles. The van der Waals surface area contributed by atoms with Gasteiger partial charge in [-0.3, -0.25) is 0 Å². The topological polar surface area (TPSA) is 9.23 Å². The van der Waals surface area contributed by atoms with Crippen molar-refractivity contribution in [2.75, 3.05) is 6.61 Å². The lowest BCUT2D eigenvalue weighted by molar-refractivity contribution is 0.291. The lowest BCUT2D eigenvalue weighted by atomic mass is 9.98. The minimum Gasteiger partial charge on any atom is -0.494 e. The first-order valence-electron chi connectivity index (χ1n) is 8.50. The number of rotatable bonds is 12. The van der Waals surface area contributed by atoms with Crippen molar-refractivity contribution in [2.24, 2.45) is 5.92 Å². The molecule has 20 heavy (non-hydrogen) atoms. The Morgan fingerprint density at radius 1 is 0.850 bits per heavy atom. The Labute approximate surface area is 125 Å². The van der Waals surface area contributed by atoms with Gasteiger partial charge < -0.3 is 4.74 Å². The molecule has 1 aromatic rings. The summed E-state index contributed by atoms with van der Waals surface area (Å²) in [6.45, 7) is 5.51. The third-order valence-corrected chi connectivity index (χ3v) is 3.90. The fourth-order valence-corrected chi connectivity index (χ4v) is 2.56. The van der Waals surface area contributed by atoms with E-state index in [9.17, 15) is 0 Å². The van der Waals surface area contributed by atoms with Crippen LogP contribution in [-0.2, 0) is 0 Å². The van der Waals surface area contributed by atoms with Crippen molar-refractivity contribution in [3.05, 3.63) is 30.3 Å². The van der Waals surface area contributed by atoms with Crippen LogP contribution in [0.2, 0.25) is 0 Å². The summed E-state index contributed by atoms with van der Waals surface area (Å²) < 4.78 is 5.73. The van der Waals surface area contributed by atoms with E-state index in [2.05, 4.69) is 13.8 Å². The smallest absolute Gasteiger partial charge is 0.119 e. The highest BCUT2D eigenvalue weighted by Crippen LogP contribution is 2.17. The predicted octanol–water partition coefficient (Wildman–Crippen LogP) is 6.23. The molecule has 0 unspecified atom stereocenters. The van der Waals surface area contributed by atoms with Crippen LogP contribution in [0.15, 0.2) is 30.3 Å². The van der Waals surface area contributed by atoms with Crippen LogP contribution in [0.3, 0.4) is 0 Å². The quantitative estimate of drug-likeness (QED) is 0.411. The number of hydrogen-bond acceptors (Lipinski definition) is 1. The molecule has 0 aliphatic rings. The van der Waals surface area contributed by atoms with Gasteiger partial charge in [-0.2, -0.15) is 0 Å². The van der Waals surface area contributed by atoms with Gasteiger partial charge in [0.1, 0.15) is 5.75 Å². The van der Waals surface area contributed by atoms with Gasteiger partial charge in [-0.1, -0.05) is 77.0 Å². The average Bonchev–Trinajstić information content (AvgIpc) is 2.48. The van der Waals surface area contributed by atoms with Gasteiger partial charge >= 0.3 is 0 Å². The molecule has 1 rings (SSSR count). The molecule has 0 spiro atoms. The van der Waals surface area contributed by atoms with Crippen molar-refractivity contribution in [2.45, 2.75) is 71.6 Å². The zero-order chi connectivity index (χ0) is 14.5. The number of ether oxygens (including phenoxy) is 1. The van der Waals surface area contributed by atoms with Crippen molar-refractivity contribution in [3.63, 3.8) is 0 Å². The molecule has 1 atom stereocenters. The van der Waals surface area contributed by atoms with Crippen LogP contribution < -0.4 is 4.74 Å². The SMILES string of the molecule is CCCCCCCC[C@H](C)CCCOc1ccccc1. The van der Waals surface area contributed by atoms with Crippen LogP contribution in [-0.4, -0.2) is 6.61 Å². The van der Waals surface area contributed by atoms with Gasteiger partial charge in [0.25, 0.3) is 0 Å². The minimum atomic E-state index is 0.848. The standard InChI is InChI=1S/C19H32O/c1-3-4-5-6-7-9-13-18(2)14-12-17-20-19-15-10-8-11-16-19/h8,10-11,15-16,18H,3-7,9,12-14,17H2,1-2H3/t18-/m0/s1. The molecule has 0 saturated carbocycles. The van der Waals surface area contributed by atoms with Crippen LogP contribution in [0.1, 0.15) is 71.6 Å². The maximum atomic E-state index is 5.73. The van der Waals surface area contributed by atoms with Crippen LogP contribution in [0, 0.1) is 5.92 Å². The van der Waals surface area contributed by atoms with Crippen molar-refractivity contribution in [1.29, 1.82) is 0 Å². The highest BCUT2D eigenvalue weighted by Gasteiger charge is 2.02. The van der Waals surface area contributed by atoms with E-state index in [1.165, 1.54) is 57.8 Å². The maximum Gasteiger partial charge on any atom is 0.119 e. The van der Waals surface area contributed by atoms with E-state index in [0.29, 0.717) is 0 Å². The first kappa shape index (κ1) is 17.1. The number of para-hydroxylation sites is 1. The largest absolute Gasteiger partial charge is 0.494 e. The highest BCUT2D eigenvalue weighted by molar-refractivity contribution is 5.20. The molecule has 0 aliphatic heterocycles. The van der Waals surface area contributed by atoms with E-state index in [1.54, 1.807) is 0 Å². The summed E-state index contributed by atoms with van der Waals surface area (Å²) in [5.41, 5.74) is 0. The molecule has 0 heterocycles. The molecule has 0 N–H and O–H groups in total. The Hall–Kier alpha value is -0.980. The fraction of sp³-hybridized carbons (Fsp3) is 0.684. The molecule has 1 nitrogen and oxygen atoms in total. The molecule has 0 saturated heterocycles. The van der Waals surface area contributed by atoms with E-state index in [0.717, 1.165) is 18.3 Å². The van der Waals surface area contributed by atoms with E-state index >= 15 is 0 Å². The summed E-state index contributed by atoms with van der Waals surface area (Å²) in [5, 5.41) is 0. The second-order valence-corrected chi connectivity index (χ2v) is 5.97. The molecule has 114 valence electrons. The van der Waals surface area contributed by atoms with Crippen molar-refractivity contribution >= 4 is 0 Å². The van der Waals surface area contributed by atoms with E-state index in [-0.39, 0.29) is 0 Å². The summed E-state index contributed by atoms with van der Waals surface area (Å²) in [4.78, 5) is 0. The van der Waals surface area contributed by atoms with Gasteiger partial charge in [0.05, 0.1) is 6.61 Å². The van der Waals surface area contributed by atoms with Gasteiger partial charge in [0.15, 0.2) is 0 Å². The number of hydrogen-bond donors (Lipinski definition) is 0. The third-order valence-electron chi connectivity index (χ3n) is 3.90. The highest BCUT2D eigenvalue weighted by atomic mass is 16.5. The number of unbranched alkanes of at least 4 members (excludes halogenated alkanes) is 5. The molecule has 0 fully saturated rings. The molecular weight excluding hydrogens is 244 g/mol. The van der Waals surface area contributed by atoms with Gasteiger partial charge in [-0.15, -0.1) is 0 Å². The molecule has 0 radical (unpaired) electrons. The van der Waals surface area contributed by atoms with Gasteiger partial charge in [0.2, 0.25) is 0 Å². The van der Waals surface area contributed by atoms with E-state index < -0.39 is 0 Å². The fourth-order valence-electron chi connectivity index (χ4n) is 2.56. The summed E-state index contributed by atoms with van der Waals surface area (Å²) in [6, 6.07) is 10.1. The lowest BCUT2D eigenvalue weighted by Crippen LogP contribution is -2.01. The van der Waals surface area contributed by atoms with Crippen molar-refractivity contribution < 1.29 is 4.74 Å². The van der Waals surface area contributed by atoms with Crippen LogP contribution in [0.5, 0.6) is 5.75 Å². The third kappa shape index (κ3) is 9.01. The van der Waals surface area contributed by atoms with E-state index in [4.69, 9.17) is 4.74 Å². The van der Waals surface area contributed by atoms with E-state index in [1.807, 2.05) is 30.3 Å². The summed E-state index contributed by atoms with van der Waals surface area (Å²) in [5.74, 6) is 1.84. The van der Waals surface area contributed by atoms with Crippen LogP contribution in [0.25, 0.3) is 0 Å². The molecule has 0 amide bonds. The Bertz CT molecular complexity index is 307. The Morgan fingerprint density at radius 3 is 2.25 bits per heavy atom.